The van der Waals surface area contributed by atoms with Crippen molar-refractivity contribution in [3.05, 3.63) is 158 Å². The van der Waals surface area contributed by atoms with Gasteiger partial charge >= 0.3 is 0 Å². The molecule has 0 fully saturated rings. The van der Waals surface area contributed by atoms with Gasteiger partial charge < -0.3 is 0 Å². The highest BCUT2D eigenvalue weighted by atomic mass is 32.1. The third-order valence-corrected chi connectivity index (χ3v) is 10.8. The average molecular weight is 587 g/mol. The Kier molecular flexibility index (Phi) is 5.25. The molecular weight excluding hydrogens is 561 g/mol. The van der Waals surface area contributed by atoms with Crippen molar-refractivity contribution in [2.45, 2.75) is 0 Å². The highest BCUT2D eigenvalue weighted by Gasteiger charge is 2.19. The van der Waals surface area contributed by atoms with Gasteiger partial charge in [0.1, 0.15) is 0 Å². The van der Waals surface area contributed by atoms with Gasteiger partial charge in [0.15, 0.2) is 0 Å². The largest absolute Gasteiger partial charge is 0.135 e. The molecule has 0 N–H and O–H groups in total. The van der Waals surface area contributed by atoms with E-state index in [-0.39, 0.29) is 0 Å². The first-order valence-corrected chi connectivity index (χ1v) is 16.3. The summed E-state index contributed by atoms with van der Waals surface area (Å²) in [5.41, 5.74) is 5.12. The molecule has 1 heteroatoms. The minimum Gasteiger partial charge on any atom is -0.135 e. The summed E-state index contributed by atoms with van der Waals surface area (Å²) in [5.74, 6) is 0. The predicted octanol–water partition coefficient (Wildman–Crippen LogP) is 13.2. The van der Waals surface area contributed by atoms with E-state index in [1.165, 1.54) is 96.3 Å². The Morgan fingerprint density at radius 3 is 1.42 bits per heavy atom. The lowest BCUT2D eigenvalue weighted by Crippen LogP contribution is -1.91. The zero-order valence-corrected chi connectivity index (χ0v) is 25.2. The van der Waals surface area contributed by atoms with E-state index in [0.717, 1.165) is 0 Å². The van der Waals surface area contributed by atoms with Crippen molar-refractivity contribution in [1.82, 2.24) is 0 Å². The molecule has 45 heavy (non-hydrogen) atoms. The van der Waals surface area contributed by atoms with Crippen molar-refractivity contribution in [2.75, 3.05) is 0 Å². The SMILES string of the molecule is c1ccc2cc(-c3c4ccccc4c(-c4ccc5sc6c7ccccc7c7ccccc7c6c5c4)c4ccccc34)ccc2c1. The molecule has 0 spiro atoms. The van der Waals surface area contributed by atoms with Gasteiger partial charge in [-0.3, -0.25) is 0 Å². The fraction of sp³-hybridized carbons (Fsp3) is 0. The van der Waals surface area contributed by atoms with Crippen molar-refractivity contribution < 1.29 is 0 Å². The molecule has 0 unspecified atom stereocenters. The van der Waals surface area contributed by atoms with Crippen LogP contribution in [-0.2, 0) is 0 Å². The molecule has 1 aromatic heterocycles. The van der Waals surface area contributed by atoms with Crippen molar-refractivity contribution in [3.8, 4) is 22.3 Å². The molecule has 0 aliphatic carbocycles. The molecule has 0 saturated heterocycles. The summed E-state index contributed by atoms with van der Waals surface area (Å²) in [6, 6.07) is 58.4. The van der Waals surface area contributed by atoms with Crippen molar-refractivity contribution in [1.29, 1.82) is 0 Å². The van der Waals surface area contributed by atoms with E-state index >= 15 is 0 Å². The number of benzene rings is 9. The standard InChI is InChI=1S/C44H26S/c1-2-12-28-25-29(22-21-27(28)11-1)41-34-16-6-8-18-36(34)42(37-19-9-7-17-35(37)41)30-23-24-40-39(26-30)43-33-15-5-3-13-31(33)32-14-4-10-20-38(32)44(43)45-40/h1-26H. The predicted molar refractivity (Wildman–Crippen MR) is 198 cm³/mol. The minimum atomic E-state index is 1.25. The Labute approximate surface area is 264 Å². The normalized spacial score (nSPS) is 12.0. The topological polar surface area (TPSA) is 0 Å². The van der Waals surface area contributed by atoms with Crippen LogP contribution < -0.4 is 0 Å². The molecule has 0 aliphatic heterocycles. The molecule has 10 rings (SSSR count). The molecule has 0 bridgehead atoms. The summed E-state index contributed by atoms with van der Waals surface area (Å²) in [7, 11) is 0. The molecule has 0 amide bonds. The third kappa shape index (κ3) is 3.59. The zero-order chi connectivity index (χ0) is 29.5. The van der Waals surface area contributed by atoms with Gasteiger partial charge in [-0.05, 0) is 88.9 Å². The Morgan fingerprint density at radius 1 is 0.311 bits per heavy atom. The van der Waals surface area contributed by atoms with Gasteiger partial charge in [-0.2, -0.15) is 0 Å². The van der Waals surface area contributed by atoms with Gasteiger partial charge in [0.2, 0.25) is 0 Å². The maximum atomic E-state index is 2.46. The third-order valence-electron chi connectivity index (χ3n) is 9.60. The van der Waals surface area contributed by atoms with Gasteiger partial charge in [-0.1, -0.05) is 140 Å². The fourth-order valence-corrected chi connectivity index (χ4v) is 8.89. The van der Waals surface area contributed by atoms with Crippen LogP contribution in [-0.4, -0.2) is 0 Å². The summed E-state index contributed by atoms with van der Waals surface area (Å²) in [5, 5.41) is 15.7. The second-order valence-corrected chi connectivity index (χ2v) is 13.1. The Morgan fingerprint density at radius 2 is 0.778 bits per heavy atom. The first kappa shape index (κ1) is 24.9. The number of thiophene rings is 1. The number of fused-ring (bicyclic) bond motifs is 11. The smallest absolute Gasteiger partial charge is 0.0440 e. The maximum Gasteiger partial charge on any atom is 0.0440 e. The average Bonchev–Trinajstić information content (AvgIpc) is 3.50. The second kappa shape index (κ2) is 9.50. The lowest BCUT2D eigenvalue weighted by molar-refractivity contribution is 1.69. The number of hydrogen-bond acceptors (Lipinski definition) is 1. The molecular formula is C44H26S. The lowest BCUT2D eigenvalue weighted by atomic mass is 9.85. The van der Waals surface area contributed by atoms with Crippen LogP contribution >= 0.6 is 11.3 Å². The van der Waals surface area contributed by atoms with E-state index in [2.05, 4.69) is 158 Å². The second-order valence-electron chi connectivity index (χ2n) is 12.0. The molecule has 0 aliphatic rings. The van der Waals surface area contributed by atoms with Gasteiger partial charge in [-0.15, -0.1) is 11.3 Å². The molecule has 0 saturated carbocycles. The monoisotopic (exact) mass is 586 g/mol. The van der Waals surface area contributed by atoms with Crippen LogP contribution in [0.25, 0.3) is 96.3 Å². The van der Waals surface area contributed by atoms with Crippen molar-refractivity contribution >= 4 is 85.4 Å². The van der Waals surface area contributed by atoms with Crippen LogP contribution in [0.4, 0.5) is 0 Å². The van der Waals surface area contributed by atoms with E-state index in [0.29, 0.717) is 0 Å². The number of rotatable bonds is 2. The highest BCUT2D eigenvalue weighted by Crippen LogP contribution is 2.48. The molecule has 208 valence electrons. The van der Waals surface area contributed by atoms with Crippen molar-refractivity contribution in [3.63, 3.8) is 0 Å². The summed E-state index contributed by atoms with van der Waals surface area (Å²) < 4.78 is 2.70. The maximum absolute atomic E-state index is 2.46. The zero-order valence-electron chi connectivity index (χ0n) is 24.4. The molecule has 0 radical (unpaired) electrons. The Balaban J connectivity index is 1.32. The van der Waals surface area contributed by atoms with E-state index in [1.54, 1.807) is 0 Å². The minimum absolute atomic E-state index is 1.25. The molecule has 1 heterocycles. The van der Waals surface area contributed by atoms with Crippen LogP contribution in [0.5, 0.6) is 0 Å². The van der Waals surface area contributed by atoms with Gasteiger partial charge in [0.05, 0.1) is 0 Å². The van der Waals surface area contributed by atoms with E-state index < -0.39 is 0 Å². The summed E-state index contributed by atoms with van der Waals surface area (Å²) in [6.45, 7) is 0. The quantitative estimate of drug-likeness (QED) is 0.140. The molecule has 10 aromatic rings. The van der Waals surface area contributed by atoms with Crippen LogP contribution in [0, 0.1) is 0 Å². The molecule has 9 aromatic carbocycles. The Hall–Kier alpha value is -5.50. The first-order valence-electron chi connectivity index (χ1n) is 15.5. The lowest BCUT2D eigenvalue weighted by Gasteiger charge is -2.18. The van der Waals surface area contributed by atoms with E-state index in [1.807, 2.05) is 11.3 Å². The van der Waals surface area contributed by atoms with Gasteiger partial charge in [0, 0.05) is 25.6 Å². The van der Waals surface area contributed by atoms with Crippen LogP contribution in [0.2, 0.25) is 0 Å². The van der Waals surface area contributed by atoms with Crippen LogP contribution in [0.3, 0.4) is 0 Å². The summed E-state index contributed by atoms with van der Waals surface area (Å²) in [4.78, 5) is 0. The van der Waals surface area contributed by atoms with E-state index in [9.17, 15) is 0 Å². The molecule has 0 nitrogen and oxygen atoms in total. The summed E-state index contributed by atoms with van der Waals surface area (Å²) in [6.07, 6.45) is 0. The van der Waals surface area contributed by atoms with Crippen LogP contribution in [0.1, 0.15) is 0 Å². The van der Waals surface area contributed by atoms with Gasteiger partial charge in [0.25, 0.3) is 0 Å². The molecule has 0 atom stereocenters. The highest BCUT2D eigenvalue weighted by molar-refractivity contribution is 7.27. The first-order chi connectivity index (χ1) is 22.3. The van der Waals surface area contributed by atoms with E-state index in [4.69, 9.17) is 0 Å². The van der Waals surface area contributed by atoms with Gasteiger partial charge in [-0.25, -0.2) is 0 Å². The Bertz CT molecular complexity index is 2760. The number of hydrogen-bond donors (Lipinski definition) is 0. The van der Waals surface area contributed by atoms with Crippen LogP contribution in [0.15, 0.2) is 158 Å². The fourth-order valence-electron chi connectivity index (χ4n) is 7.66. The summed E-state index contributed by atoms with van der Waals surface area (Å²) >= 11 is 1.92. The van der Waals surface area contributed by atoms with Crippen molar-refractivity contribution in [2.24, 2.45) is 0 Å².